The normalized spacial score (nSPS) is 11.8. The molecule has 0 unspecified atom stereocenters. The molecule has 1 aromatic heterocycles. The van der Waals surface area contributed by atoms with E-state index in [1.807, 2.05) is 42.5 Å². The molecule has 32 heavy (non-hydrogen) atoms. The van der Waals surface area contributed by atoms with E-state index in [-0.39, 0.29) is 0 Å². The smallest absolute Gasteiger partial charge is 0.186 e. The molecule has 0 atom stereocenters. The maximum atomic E-state index is 5.92. The summed E-state index contributed by atoms with van der Waals surface area (Å²) in [5, 5.41) is 10.4. The minimum atomic E-state index is 0.662. The second-order valence-electron chi connectivity index (χ2n) is 8.13. The van der Waals surface area contributed by atoms with E-state index in [0.717, 1.165) is 21.7 Å². The van der Waals surface area contributed by atoms with Gasteiger partial charge in [-0.15, -0.1) is 0 Å². The molecule has 0 spiro atoms. The summed E-state index contributed by atoms with van der Waals surface area (Å²) >= 11 is 0. The maximum absolute atomic E-state index is 5.92. The summed E-state index contributed by atoms with van der Waals surface area (Å²) < 4.78 is 11.7. The van der Waals surface area contributed by atoms with E-state index in [1.54, 1.807) is 0 Å². The molecule has 6 aromatic carbocycles. The summed E-state index contributed by atoms with van der Waals surface area (Å²) in [7, 11) is 0. The highest BCUT2D eigenvalue weighted by atomic mass is 17.0. The first-order valence-electron chi connectivity index (χ1n) is 10.7. The Hall–Kier alpha value is -4.30. The highest BCUT2D eigenvalue weighted by Gasteiger charge is 2.16. The Morgan fingerprint density at radius 1 is 0.531 bits per heavy atom. The molecule has 0 saturated carbocycles. The summed E-state index contributed by atoms with van der Waals surface area (Å²) in [5.74, 6) is 0.662. The van der Waals surface area contributed by atoms with Crippen LogP contribution in [0.2, 0.25) is 0 Å². The van der Waals surface area contributed by atoms with E-state index in [9.17, 15) is 0 Å². The Morgan fingerprint density at radius 3 is 2.31 bits per heavy atom. The van der Waals surface area contributed by atoms with Crippen LogP contribution in [-0.2, 0) is 0 Å². The van der Waals surface area contributed by atoms with Crippen LogP contribution in [0.25, 0.3) is 65.4 Å². The second-order valence-corrected chi connectivity index (χ2v) is 8.13. The SMILES string of the molecule is [c]1c2ccccc2c2ccc3cccc4cc(-c5cccc6ccccc6oo5)c1c2c34. The van der Waals surface area contributed by atoms with E-state index < -0.39 is 0 Å². The van der Waals surface area contributed by atoms with E-state index in [1.165, 1.54) is 32.3 Å². The fourth-order valence-electron chi connectivity index (χ4n) is 4.85. The second kappa shape index (κ2) is 6.60. The Morgan fingerprint density at radius 2 is 1.31 bits per heavy atom. The lowest BCUT2D eigenvalue weighted by atomic mass is 9.88. The quantitative estimate of drug-likeness (QED) is 0.154. The van der Waals surface area contributed by atoms with E-state index in [2.05, 4.69) is 66.7 Å². The lowest BCUT2D eigenvalue weighted by Gasteiger charge is -2.15. The van der Waals surface area contributed by atoms with Gasteiger partial charge in [0, 0.05) is 16.3 Å². The third kappa shape index (κ3) is 2.47. The fraction of sp³-hybridized carbons (Fsp3) is 0. The van der Waals surface area contributed by atoms with Crippen molar-refractivity contribution in [1.82, 2.24) is 0 Å². The zero-order valence-electron chi connectivity index (χ0n) is 17.1. The van der Waals surface area contributed by atoms with Gasteiger partial charge in [0.1, 0.15) is 0 Å². The van der Waals surface area contributed by atoms with Crippen LogP contribution in [0.4, 0.5) is 0 Å². The zero-order chi connectivity index (χ0) is 21.1. The first-order valence-corrected chi connectivity index (χ1v) is 10.7. The van der Waals surface area contributed by atoms with Crippen LogP contribution in [0.15, 0.2) is 112 Å². The molecule has 0 N–H and O–H groups in total. The third-order valence-corrected chi connectivity index (χ3v) is 6.30. The third-order valence-electron chi connectivity index (χ3n) is 6.30. The van der Waals surface area contributed by atoms with Gasteiger partial charge in [-0.05, 0) is 62.0 Å². The number of hydrogen-bond donors (Lipinski definition) is 0. The summed E-state index contributed by atoms with van der Waals surface area (Å²) in [6.45, 7) is 0. The molecule has 0 aliphatic carbocycles. The van der Waals surface area contributed by atoms with Crippen LogP contribution < -0.4 is 0 Å². The molecule has 149 valence electrons. The van der Waals surface area contributed by atoms with E-state index in [0.29, 0.717) is 11.3 Å². The molecule has 7 aromatic rings. The maximum Gasteiger partial charge on any atom is 0.186 e. The summed E-state index contributed by atoms with van der Waals surface area (Å²) in [6.07, 6.45) is 0. The van der Waals surface area contributed by atoms with Crippen LogP contribution >= 0.6 is 0 Å². The molecule has 2 nitrogen and oxygen atoms in total. The molecule has 1 radical (unpaired) electrons. The fourth-order valence-corrected chi connectivity index (χ4v) is 4.85. The number of rotatable bonds is 1. The van der Waals surface area contributed by atoms with E-state index in [4.69, 9.17) is 9.15 Å². The Balaban J connectivity index is 1.67. The van der Waals surface area contributed by atoms with Gasteiger partial charge in [-0.2, -0.15) is 0 Å². The van der Waals surface area contributed by atoms with Gasteiger partial charge in [-0.1, -0.05) is 84.9 Å². The highest BCUT2D eigenvalue weighted by Crippen LogP contribution is 2.42. The Labute approximate surface area is 183 Å². The lowest BCUT2D eigenvalue weighted by molar-refractivity contribution is 0.0772. The topological polar surface area (TPSA) is 26.3 Å². The van der Waals surface area contributed by atoms with Crippen molar-refractivity contribution < 1.29 is 9.15 Å². The van der Waals surface area contributed by atoms with Gasteiger partial charge in [0.15, 0.2) is 11.3 Å². The molecule has 0 aliphatic heterocycles. The predicted molar refractivity (Wildman–Crippen MR) is 132 cm³/mol. The molecule has 0 aliphatic rings. The first kappa shape index (κ1) is 17.4. The van der Waals surface area contributed by atoms with Crippen LogP contribution in [-0.4, -0.2) is 0 Å². The van der Waals surface area contributed by atoms with Crippen LogP contribution in [0.5, 0.6) is 0 Å². The van der Waals surface area contributed by atoms with Gasteiger partial charge in [-0.25, -0.2) is 0 Å². The van der Waals surface area contributed by atoms with Gasteiger partial charge < -0.3 is 0 Å². The van der Waals surface area contributed by atoms with Crippen molar-refractivity contribution in [3.63, 3.8) is 0 Å². The van der Waals surface area contributed by atoms with Crippen molar-refractivity contribution in [2.75, 3.05) is 0 Å². The monoisotopic (exact) mass is 409 g/mol. The molecular formula is C30H17O2. The molecule has 0 amide bonds. The molecule has 0 bridgehead atoms. The van der Waals surface area contributed by atoms with Gasteiger partial charge in [0.05, 0.1) is 0 Å². The molecule has 1 heterocycles. The average Bonchev–Trinajstić information content (AvgIpc) is 2.83. The largest absolute Gasteiger partial charge is 0.289 e. The van der Waals surface area contributed by atoms with Crippen molar-refractivity contribution >= 4 is 54.1 Å². The summed E-state index contributed by atoms with van der Waals surface area (Å²) in [5.41, 5.74) is 1.66. The molecule has 7 rings (SSSR count). The van der Waals surface area contributed by atoms with Gasteiger partial charge in [-0.3, -0.25) is 9.15 Å². The Kier molecular flexibility index (Phi) is 3.58. The van der Waals surface area contributed by atoms with E-state index >= 15 is 0 Å². The summed E-state index contributed by atoms with van der Waals surface area (Å²) in [6, 6.07) is 39.0. The lowest BCUT2D eigenvalue weighted by Crippen LogP contribution is -1.89. The van der Waals surface area contributed by atoms with Crippen molar-refractivity contribution in [3.05, 3.63) is 109 Å². The molecule has 2 heteroatoms. The minimum Gasteiger partial charge on any atom is -0.289 e. The van der Waals surface area contributed by atoms with Gasteiger partial charge in [0.25, 0.3) is 0 Å². The van der Waals surface area contributed by atoms with Crippen molar-refractivity contribution in [2.24, 2.45) is 0 Å². The van der Waals surface area contributed by atoms with Gasteiger partial charge in [0.2, 0.25) is 0 Å². The molecule has 0 fully saturated rings. The highest BCUT2D eigenvalue weighted by molar-refractivity contribution is 6.31. The number of para-hydroxylation sites is 1. The molecule has 0 saturated heterocycles. The van der Waals surface area contributed by atoms with Crippen molar-refractivity contribution in [3.8, 4) is 11.3 Å². The van der Waals surface area contributed by atoms with Crippen molar-refractivity contribution in [2.45, 2.75) is 0 Å². The zero-order valence-corrected chi connectivity index (χ0v) is 17.1. The van der Waals surface area contributed by atoms with Gasteiger partial charge >= 0.3 is 0 Å². The van der Waals surface area contributed by atoms with Crippen LogP contribution in [0, 0.1) is 6.07 Å². The van der Waals surface area contributed by atoms with Crippen LogP contribution in [0.1, 0.15) is 0 Å². The number of hydrogen-bond acceptors (Lipinski definition) is 2. The van der Waals surface area contributed by atoms with Crippen LogP contribution in [0.3, 0.4) is 0 Å². The number of fused-ring (bicyclic) bond motifs is 3. The summed E-state index contributed by atoms with van der Waals surface area (Å²) in [4.78, 5) is 0. The van der Waals surface area contributed by atoms with Crippen molar-refractivity contribution in [1.29, 1.82) is 0 Å². The number of benzene rings is 6. The standard InChI is InChI=1S/C30H17O2/c1-3-12-23-21(8-1)17-26-25(28-14-6-9-19-7-2-4-13-27(19)31-32-28)18-22-11-5-10-20-15-16-24(23)30(26)29(20)22/h1-16,18H. The predicted octanol–water partition coefficient (Wildman–Crippen LogP) is 8.67. The average molecular weight is 409 g/mol. The Bertz CT molecular complexity index is 1830. The minimum absolute atomic E-state index is 0.662. The molecular weight excluding hydrogens is 392 g/mol. The first-order chi connectivity index (χ1) is 15.9.